The normalized spacial score (nSPS) is 10.2. The van der Waals surface area contributed by atoms with Crippen molar-refractivity contribution in [1.29, 1.82) is 0 Å². The van der Waals surface area contributed by atoms with Gasteiger partial charge in [-0.1, -0.05) is 6.07 Å². The van der Waals surface area contributed by atoms with Gasteiger partial charge in [0.15, 0.2) is 0 Å². The fourth-order valence-corrected chi connectivity index (χ4v) is 1.90. The van der Waals surface area contributed by atoms with Crippen molar-refractivity contribution in [2.75, 3.05) is 7.11 Å². The molecule has 2 aromatic carbocycles. The highest BCUT2D eigenvalue weighted by Crippen LogP contribution is 2.28. The van der Waals surface area contributed by atoms with Crippen molar-refractivity contribution in [2.24, 2.45) is 0 Å². The lowest BCUT2D eigenvalue weighted by atomic mass is 9.98. The van der Waals surface area contributed by atoms with Crippen LogP contribution in [0.1, 0.15) is 20.7 Å². The molecule has 21 heavy (non-hydrogen) atoms. The smallest absolute Gasteiger partial charge is 0.337 e. The molecular formula is C15H10F2O4. The quantitative estimate of drug-likeness (QED) is 0.883. The van der Waals surface area contributed by atoms with Crippen molar-refractivity contribution >= 4 is 11.9 Å². The fourth-order valence-electron chi connectivity index (χ4n) is 1.90. The van der Waals surface area contributed by atoms with Gasteiger partial charge in [0.05, 0.1) is 18.2 Å². The number of carboxylic acids is 1. The first-order valence-electron chi connectivity index (χ1n) is 5.85. The van der Waals surface area contributed by atoms with Crippen molar-refractivity contribution in [1.82, 2.24) is 0 Å². The summed E-state index contributed by atoms with van der Waals surface area (Å²) in [4.78, 5) is 22.4. The van der Waals surface area contributed by atoms with Crippen LogP contribution in [0.2, 0.25) is 0 Å². The van der Waals surface area contributed by atoms with Crippen LogP contribution >= 0.6 is 0 Å². The summed E-state index contributed by atoms with van der Waals surface area (Å²) in [7, 11) is 1.16. The highest BCUT2D eigenvalue weighted by Gasteiger charge is 2.17. The van der Waals surface area contributed by atoms with Crippen molar-refractivity contribution in [2.45, 2.75) is 0 Å². The van der Waals surface area contributed by atoms with Gasteiger partial charge in [-0.3, -0.25) is 0 Å². The second-order valence-electron chi connectivity index (χ2n) is 4.18. The maximum atomic E-state index is 14.1. The number of hydrogen-bond donors (Lipinski definition) is 1. The molecule has 108 valence electrons. The number of esters is 1. The van der Waals surface area contributed by atoms with Crippen LogP contribution in [0.25, 0.3) is 11.1 Å². The van der Waals surface area contributed by atoms with E-state index in [2.05, 4.69) is 4.74 Å². The Morgan fingerprint density at radius 3 is 2.33 bits per heavy atom. The first-order chi connectivity index (χ1) is 9.93. The van der Waals surface area contributed by atoms with E-state index in [0.29, 0.717) is 0 Å². The summed E-state index contributed by atoms with van der Waals surface area (Å²) < 4.78 is 31.8. The minimum Gasteiger partial charge on any atom is -0.478 e. The van der Waals surface area contributed by atoms with E-state index in [0.717, 1.165) is 31.4 Å². The van der Waals surface area contributed by atoms with Gasteiger partial charge in [-0.25, -0.2) is 18.4 Å². The highest BCUT2D eigenvalue weighted by molar-refractivity contribution is 5.96. The molecule has 0 unspecified atom stereocenters. The minimum atomic E-state index is -1.30. The van der Waals surface area contributed by atoms with Crippen LogP contribution in [0.5, 0.6) is 0 Å². The monoisotopic (exact) mass is 292 g/mol. The summed E-state index contributed by atoms with van der Waals surface area (Å²) in [6.07, 6.45) is 0. The summed E-state index contributed by atoms with van der Waals surface area (Å²) in [6.45, 7) is 0. The lowest BCUT2D eigenvalue weighted by Gasteiger charge is -2.09. The van der Waals surface area contributed by atoms with Crippen LogP contribution in [0.4, 0.5) is 8.78 Å². The lowest BCUT2D eigenvalue weighted by Crippen LogP contribution is -2.04. The van der Waals surface area contributed by atoms with E-state index < -0.39 is 23.6 Å². The molecule has 2 aromatic rings. The predicted molar refractivity (Wildman–Crippen MR) is 70.1 cm³/mol. The zero-order chi connectivity index (χ0) is 15.6. The van der Waals surface area contributed by atoms with Crippen LogP contribution < -0.4 is 0 Å². The Kier molecular flexibility index (Phi) is 3.98. The average molecular weight is 292 g/mol. The molecule has 0 aliphatic heterocycles. The number of carbonyl (C=O) groups excluding carboxylic acids is 1. The third kappa shape index (κ3) is 2.89. The number of carboxylic acid groups (broad SMARTS) is 1. The van der Waals surface area contributed by atoms with E-state index >= 15 is 0 Å². The van der Waals surface area contributed by atoms with E-state index in [1.165, 1.54) is 12.1 Å². The van der Waals surface area contributed by atoms with E-state index in [-0.39, 0.29) is 22.3 Å². The van der Waals surface area contributed by atoms with Gasteiger partial charge < -0.3 is 9.84 Å². The molecule has 1 N–H and O–H groups in total. The maximum Gasteiger partial charge on any atom is 0.337 e. The maximum absolute atomic E-state index is 14.1. The molecule has 0 fully saturated rings. The summed E-state index contributed by atoms with van der Waals surface area (Å²) >= 11 is 0. The Bertz CT molecular complexity index is 726. The van der Waals surface area contributed by atoms with Gasteiger partial charge in [-0.15, -0.1) is 0 Å². The van der Waals surface area contributed by atoms with Gasteiger partial charge in [-0.2, -0.15) is 0 Å². The Morgan fingerprint density at radius 1 is 1.05 bits per heavy atom. The number of hydrogen-bond acceptors (Lipinski definition) is 3. The molecular weight excluding hydrogens is 282 g/mol. The standard InChI is InChI=1S/C15H10F2O4/c1-21-15(20)8-2-4-10(13(17)6-8)12-7-9(16)3-5-11(12)14(18)19/h2-7H,1H3,(H,18,19). The topological polar surface area (TPSA) is 63.6 Å². The molecule has 0 heterocycles. The van der Waals surface area contributed by atoms with Crippen molar-refractivity contribution in [3.8, 4) is 11.1 Å². The number of benzene rings is 2. The van der Waals surface area contributed by atoms with E-state index in [4.69, 9.17) is 5.11 Å². The number of rotatable bonds is 3. The lowest BCUT2D eigenvalue weighted by molar-refractivity contribution is 0.0599. The number of aromatic carboxylic acids is 1. The molecule has 6 heteroatoms. The van der Waals surface area contributed by atoms with Gasteiger partial charge >= 0.3 is 11.9 Å². The Morgan fingerprint density at radius 2 is 1.76 bits per heavy atom. The summed E-state index contributed by atoms with van der Waals surface area (Å²) in [6, 6.07) is 6.37. The van der Waals surface area contributed by atoms with Crippen LogP contribution in [0, 0.1) is 11.6 Å². The molecule has 0 saturated heterocycles. The second-order valence-corrected chi connectivity index (χ2v) is 4.18. The Balaban J connectivity index is 2.60. The minimum absolute atomic E-state index is 0.0213. The van der Waals surface area contributed by atoms with Gasteiger partial charge in [0.2, 0.25) is 0 Å². The fraction of sp³-hybridized carbons (Fsp3) is 0.0667. The molecule has 0 amide bonds. The van der Waals surface area contributed by atoms with Crippen LogP contribution in [0.15, 0.2) is 36.4 Å². The number of halogens is 2. The molecule has 0 radical (unpaired) electrons. The molecule has 0 atom stereocenters. The molecule has 0 aliphatic rings. The second kappa shape index (κ2) is 5.70. The number of ether oxygens (including phenoxy) is 1. The first-order valence-corrected chi connectivity index (χ1v) is 5.85. The molecule has 0 saturated carbocycles. The largest absolute Gasteiger partial charge is 0.478 e. The van der Waals surface area contributed by atoms with Crippen molar-refractivity contribution in [3.63, 3.8) is 0 Å². The van der Waals surface area contributed by atoms with E-state index in [1.54, 1.807) is 0 Å². The molecule has 0 spiro atoms. The van der Waals surface area contributed by atoms with E-state index in [9.17, 15) is 18.4 Å². The van der Waals surface area contributed by atoms with Crippen LogP contribution in [-0.4, -0.2) is 24.2 Å². The Labute approximate surface area is 118 Å². The van der Waals surface area contributed by atoms with Gasteiger partial charge in [0, 0.05) is 11.1 Å². The molecule has 2 rings (SSSR count). The van der Waals surface area contributed by atoms with Crippen molar-refractivity contribution in [3.05, 3.63) is 59.2 Å². The van der Waals surface area contributed by atoms with E-state index in [1.807, 2.05) is 0 Å². The van der Waals surface area contributed by atoms with Gasteiger partial charge in [0.25, 0.3) is 0 Å². The van der Waals surface area contributed by atoms with Gasteiger partial charge in [0.1, 0.15) is 11.6 Å². The number of carbonyl (C=O) groups is 2. The zero-order valence-electron chi connectivity index (χ0n) is 10.9. The molecule has 0 aliphatic carbocycles. The summed E-state index contributed by atoms with van der Waals surface area (Å²) in [5.41, 5.74) is -0.468. The Hall–Kier alpha value is -2.76. The summed E-state index contributed by atoms with van der Waals surface area (Å²) in [5, 5.41) is 9.07. The summed E-state index contributed by atoms with van der Waals surface area (Å²) in [5.74, 6) is -3.56. The highest BCUT2D eigenvalue weighted by atomic mass is 19.1. The van der Waals surface area contributed by atoms with Crippen molar-refractivity contribution < 1.29 is 28.2 Å². The third-order valence-corrected chi connectivity index (χ3v) is 2.89. The number of methoxy groups -OCH3 is 1. The molecule has 0 aromatic heterocycles. The SMILES string of the molecule is COC(=O)c1ccc(-c2cc(F)ccc2C(=O)O)c(F)c1. The average Bonchev–Trinajstić information content (AvgIpc) is 2.45. The molecule has 0 bridgehead atoms. The van der Waals surface area contributed by atoms with Gasteiger partial charge in [-0.05, 0) is 30.3 Å². The van der Waals surface area contributed by atoms with Crippen LogP contribution in [-0.2, 0) is 4.74 Å². The van der Waals surface area contributed by atoms with Crippen LogP contribution in [0.3, 0.4) is 0 Å². The molecule has 4 nitrogen and oxygen atoms in total. The third-order valence-electron chi connectivity index (χ3n) is 2.89. The predicted octanol–water partition coefficient (Wildman–Crippen LogP) is 3.12. The first kappa shape index (κ1) is 14.6. The zero-order valence-corrected chi connectivity index (χ0v) is 10.9.